The van der Waals surface area contributed by atoms with Crippen LogP contribution in [0.1, 0.15) is 41.0 Å². The fraction of sp³-hybridized carbons (Fsp3) is 1.00. The molecule has 0 heterocycles. The van der Waals surface area contributed by atoms with Crippen LogP contribution in [0, 0.1) is 5.92 Å². The van der Waals surface area contributed by atoms with Crippen LogP contribution in [-0.2, 0) is 0 Å². The molecule has 2 nitrogen and oxygen atoms in total. The van der Waals surface area contributed by atoms with Crippen LogP contribution in [0.3, 0.4) is 0 Å². The van der Waals surface area contributed by atoms with Gasteiger partial charge in [-0.3, -0.25) is 0 Å². The average molecular weight is 263 g/mol. The molecule has 0 aromatic rings. The first-order valence-corrected chi connectivity index (χ1v) is 6.81. The van der Waals surface area contributed by atoms with Crippen molar-refractivity contribution in [1.29, 1.82) is 0 Å². The van der Waals surface area contributed by atoms with E-state index < -0.39 is 0 Å². The molecule has 0 radical (unpaired) electrons. The zero-order chi connectivity index (χ0) is 11.4. The summed E-state index contributed by atoms with van der Waals surface area (Å²) < 4.78 is 0.442. The van der Waals surface area contributed by atoms with E-state index in [2.05, 4.69) is 39.9 Å². The van der Waals surface area contributed by atoms with Crippen molar-refractivity contribution in [1.82, 2.24) is 5.32 Å². The summed E-state index contributed by atoms with van der Waals surface area (Å²) in [7, 11) is 0. The molecule has 0 spiro atoms. The van der Waals surface area contributed by atoms with Gasteiger partial charge in [0.15, 0.2) is 0 Å². The molecule has 1 unspecified atom stereocenters. The second-order valence-electron chi connectivity index (χ2n) is 5.49. The molecule has 0 aromatic heterocycles. The van der Waals surface area contributed by atoms with Crippen molar-refractivity contribution < 1.29 is 5.11 Å². The Hall–Kier alpha value is 0.478. The molecule has 0 amide bonds. The van der Waals surface area contributed by atoms with E-state index in [1.54, 1.807) is 16.9 Å². The minimum absolute atomic E-state index is 0.103. The maximum atomic E-state index is 9.88. The topological polar surface area (TPSA) is 32.3 Å². The molecule has 2 N–H and O–H groups in total. The predicted molar refractivity (Wildman–Crippen MR) is 65.5 cm³/mol. The molecule has 0 rings (SSSR count). The van der Waals surface area contributed by atoms with Crippen molar-refractivity contribution in [3.05, 3.63) is 0 Å². The predicted octanol–water partition coefficient (Wildman–Crippen LogP) is 1.20. The summed E-state index contributed by atoms with van der Waals surface area (Å²) >= 11 is 1.65. The van der Waals surface area contributed by atoms with E-state index in [4.69, 9.17) is 0 Å². The van der Waals surface area contributed by atoms with Crippen molar-refractivity contribution in [3.8, 4) is 0 Å². The fourth-order valence-electron chi connectivity index (χ4n) is 1.26. The van der Waals surface area contributed by atoms with Crippen molar-refractivity contribution in [2.24, 2.45) is 5.92 Å². The Labute approximate surface area is 97.4 Å². The van der Waals surface area contributed by atoms with E-state index in [-0.39, 0.29) is 11.6 Å². The summed E-state index contributed by atoms with van der Waals surface area (Å²) in [6.07, 6.45) is 0.920. The number of hydrogen-bond acceptors (Lipinski definition) is 2. The van der Waals surface area contributed by atoms with Crippen LogP contribution in [0.4, 0.5) is 0 Å². The van der Waals surface area contributed by atoms with E-state index >= 15 is 0 Å². The van der Waals surface area contributed by atoms with Gasteiger partial charge in [-0.25, -0.2) is 0 Å². The summed E-state index contributed by atoms with van der Waals surface area (Å²) in [5, 5.41) is 13.2. The van der Waals surface area contributed by atoms with Crippen molar-refractivity contribution >= 4 is 16.9 Å². The van der Waals surface area contributed by atoms with Gasteiger partial charge in [0, 0.05) is 0 Å². The Balaban J connectivity index is 3.78. The maximum absolute atomic E-state index is 9.88. The quantitative estimate of drug-likeness (QED) is 0.731. The van der Waals surface area contributed by atoms with Gasteiger partial charge in [0.05, 0.1) is 0 Å². The molecule has 0 fully saturated rings. The second kappa shape index (κ2) is 6.15. The standard InChI is InChI=1S/C11H26AsNO/c1-8(2)6-9(12)10(14)7-13-11(3,4)5/h8-10,13-14H,6-7,12H2,1-5H3/t9-,10+/m0/s1. The summed E-state index contributed by atoms with van der Waals surface area (Å²) in [6.45, 7) is 11.5. The summed E-state index contributed by atoms with van der Waals surface area (Å²) in [6, 6.07) is 0. The van der Waals surface area contributed by atoms with Gasteiger partial charge >= 0.3 is 97.1 Å². The molecule has 0 saturated carbocycles. The van der Waals surface area contributed by atoms with Gasteiger partial charge in [-0.15, -0.1) is 0 Å². The number of aliphatic hydroxyl groups is 1. The van der Waals surface area contributed by atoms with Crippen LogP contribution in [-0.4, -0.2) is 40.1 Å². The number of aliphatic hydroxyl groups excluding tert-OH is 1. The van der Waals surface area contributed by atoms with E-state index in [1.165, 1.54) is 0 Å². The third-order valence-corrected chi connectivity index (χ3v) is 3.58. The number of hydrogen-bond donors (Lipinski definition) is 2. The molecule has 0 aliphatic carbocycles. The van der Waals surface area contributed by atoms with E-state index in [0.29, 0.717) is 17.2 Å². The molecule has 0 bridgehead atoms. The van der Waals surface area contributed by atoms with Crippen LogP contribution in [0.15, 0.2) is 0 Å². The van der Waals surface area contributed by atoms with E-state index in [1.807, 2.05) is 0 Å². The first-order chi connectivity index (χ1) is 6.22. The molecular weight excluding hydrogens is 237 g/mol. The van der Waals surface area contributed by atoms with Crippen LogP contribution in [0.5, 0.6) is 0 Å². The summed E-state index contributed by atoms with van der Waals surface area (Å²) in [4.78, 5) is 0. The Bertz CT molecular complexity index is 154. The third kappa shape index (κ3) is 7.84. The SMILES string of the molecule is CC(C)C[C@H]([AsH2])[C@H](O)CNC(C)(C)C. The first-order valence-electron chi connectivity index (χ1n) is 5.41. The van der Waals surface area contributed by atoms with Crippen molar-refractivity contribution in [3.63, 3.8) is 0 Å². The molecule has 0 aliphatic heterocycles. The molecule has 86 valence electrons. The fourth-order valence-corrected chi connectivity index (χ4v) is 2.69. The molecule has 3 atom stereocenters. The minimum atomic E-state index is -0.198. The summed E-state index contributed by atoms with van der Waals surface area (Å²) in [5.41, 5.74) is 0.103. The average Bonchev–Trinajstić information content (AvgIpc) is 1.97. The molecule has 0 aromatic carbocycles. The Morgan fingerprint density at radius 2 is 1.79 bits per heavy atom. The van der Waals surface area contributed by atoms with Gasteiger partial charge in [0.2, 0.25) is 0 Å². The first kappa shape index (κ1) is 14.5. The zero-order valence-corrected chi connectivity index (χ0v) is 12.6. The second-order valence-corrected chi connectivity index (χ2v) is 7.29. The molecule has 0 saturated heterocycles. The monoisotopic (exact) mass is 263 g/mol. The zero-order valence-electron chi connectivity index (χ0n) is 10.2. The van der Waals surface area contributed by atoms with Crippen LogP contribution >= 0.6 is 0 Å². The number of β-amino-alcohol motifs (C(OH)–C–C–N with tert-alkyl or cyclic N) is 1. The molecular formula is C11H26AsNO. The molecule has 3 heteroatoms. The number of nitrogens with one attached hydrogen (secondary N) is 1. The Kier molecular flexibility index (Phi) is 6.36. The van der Waals surface area contributed by atoms with E-state index in [9.17, 15) is 5.11 Å². The van der Waals surface area contributed by atoms with Gasteiger partial charge in [0.1, 0.15) is 0 Å². The van der Waals surface area contributed by atoms with Crippen LogP contribution < -0.4 is 5.32 Å². The van der Waals surface area contributed by atoms with Gasteiger partial charge in [-0.2, -0.15) is 0 Å². The van der Waals surface area contributed by atoms with Gasteiger partial charge in [-0.1, -0.05) is 0 Å². The van der Waals surface area contributed by atoms with Crippen molar-refractivity contribution in [2.45, 2.75) is 57.4 Å². The van der Waals surface area contributed by atoms with Crippen LogP contribution in [0.25, 0.3) is 0 Å². The number of rotatable bonds is 5. The third-order valence-electron chi connectivity index (χ3n) is 2.08. The Morgan fingerprint density at radius 3 is 2.14 bits per heavy atom. The molecule has 0 aliphatic rings. The Morgan fingerprint density at radius 1 is 1.29 bits per heavy atom. The van der Waals surface area contributed by atoms with Gasteiger partial charge in [-0.05, 0) is 0 Å². The van der Waals surface area contributed by atoms with Gasteiger partial charge < -0.3 is 0 Å². The van der Waals surface area contributed by atoms with Crippen LogP contribution in [0.2, 0.25) is 4.71 Å². The van der Waals surface area contributed by atoms with Crippen molar-refractivity contribution in [2.75, 3.05) is 6.54 Å². The molecule has 14 heavy (non-hydrogen) atoms. The van der Waals surface area contributed by atoms with Gasteiger partial charge in [0.25, 0.3) is 0 Å². The summed E-state index contributed by atoms with van der Waals surface area (Å²) in [5.74, 6) is 0.677. The van der Waals surface area contributed by atoms with E-state index in [0.717, 1.165) is 6.42 Å². The normalized spacial score (nSPS) is 17.1.